The van der Waals surface area contributed by atoms with Gasteiger partial charge in [0.25, 0.3) is 0 Å². The number of carbonyl (C=O) groups is 2. The van der Waals surface area contributed by atoms with E-state index in [1.165, 1.54) is 43.7 Å². The number of esters is 1. The first-order valence-corrected chi connectivity index (χ1v) is 10.7. The first kappa shape index (κ1) is 22.6. The zero-order valence-corrected chi connectivity index (χ0v) is 17.7. The molecule has 29 heavy (non-hydrogen) atoms. The highest BCUT2D eigenvalue weighted by molar-refractivity contribution is 7.89. The first-order chi connectivity index (χ1) is 13.6. The van der Waals surface area contributed by atoms with E-state index in [0.29, 0.717) is 11.6 Å². The number of amides is 1. The van der Waals surface area contributed by atoms with Crippen LogP contribution in [0, 0.1) is 0 Å². The quantitative estimate of drug-likeness (QED) is 0.641. The molecule has 0 unspecified atom stereocenters. The van der Waals surface area contributed by atoms with Crippen molar-refractivity contribution in [1.29, 1.82) is 0 Å². The molecule has 0 saturated heterocycles. The van der Waals surface area contributed by atoms with Crippen molar-refractivity contribution in [2.24, 2.45) is 0 Å². The average molecular weight is 419 g/mol. The number of rotatable bonds is 8. The fourth-order valence-corrected chi connectivity index (χ4v) is 3.74. The van der Waals surface area contributed by atoms with E-state index in [9.17, 15) is 18.0 Å². The molecule has 2 rings (SSSR count). The molecular formula is C21H26N2O5S. The second-order valence-corrected chi connectivity index (χ2v) is 8.77. The molecule has 0 aliphatic heterocycles. The van der Waals surface area contributed by atoms with Crippen LogP contribution in [0.3, 0.4) is 0 Å². The molecule has 0 aromatic heterocycles. The molecule has 0 aliphatic rings. The van der Waals surface area contributed by atoms with Crippen molar-refractivity contribution in [3.8, 4) is 0 Å². The number of ether oxygens (including phenoxy) is 1. The van der Waals surface area contributed by atoms with Crippen LogP contribution >= 0.6 is 0 Å². The van der Waals surface area contributed by atoms with Crippen LogP contribution < -0.4 is 10.0 Å². The van der Waals surface area contributed by atoms with Crippen LogP contribution in [0.25, 0.3) is 0 Å². The topological polar surface area (TPSA) is 102 Å². The molecule has 0 bridgehead atoms. The molecule has 2 aromatic rings. The van der Waals surface area contributed by atoms with Gasteiger partial charge >= 0.3 is 5.97 Å². The summed E-state index contributed by atoms with van der Waals surface area (Å²) in [6, 6.07) is 12.3. The minimum atomic E-state index is -3.91. The fraction of sp³-hybridized carbons (Fsp3) is 0.333. The van der Waals surface area contributed by atoms with Crippen LogP contribution in [0.2, 0.25) is 0 Å². The van der Waals surface area contributed by atoms with Gasteiger partial charge in [0.05, 0.1) is 4.90 Å². The average Bonchev–Trinajstić information content (AvgIpc) is 2.66. The third-order valence-electron chi connectivity index (χ3n) is 4.20. The van der Waals surface area contributed by atoms with Gasteiger partial charge in [-0.25, -0.2) is 8.42 Å². The lowest BCUT2D eigenvalue weighted by atomic mass is 10.0. The Hall–Kier alpha value is -2.71. The molecule has 1 atom stereocenters. The SMILES string of the molecule is CC(=O)Nc1ccc(S(=O)(=O)N[C@@H](C)C(=O)OCc2ccc(C(C)C)cc2)cc1. The van der Waals surface area contributed by atoms with E-state index < -0.39 is 22.0 Å². The number of nitrogens with one attached hydrogen (secondary N) is 2. The summed E-state index contributed by atoms with van der Waals surface area (Å²) >= 11 is 0. The van der Waals surface area contributed by atoms with Crippen LogP contribution in [0.4, 0.5) is 5.69 Å². The zero-order chi connectivity index (χ0) is 21.6. The Labute approximate surface area is 171 Å². The smallest absolute Gasteiger partial charge is 0.324 e. The second-order valence-electron chi connectivity index (χ2n) is 7.05. The molecule has 1 amide bonds. The van der Waals surface area contributed by atoms with Crippen molar-refractivity contribution in [3.63, 3.8) is 0 Å². The van der Waals surface area contributed by atoms with Crippen molar-refractivity contribution in [2.45, 2.75) is 51.2 Å². The molecular weight excluding hydrogens is 392 g/mol. The van der Waals surface area contributed by atoms with Gasteiger partial charge in [0, 0.05) is 12.6 Å². The Morgan fingerprint density at radius 3 is 2.07 bits per heavy atom. The third-order valence-corrected chi connectivity index (χ3v) is 5.75. The largest absolute Gasteiger partial charge is 0.460 e. The molecule has 0 aliphatic carbocycles. The maximum Gasteiger partial charge on any atom is 0.324 e. The van der Waals surface area contributed by atoms with Gasteiger partial charge in [-0.1, -0.05) is 38.1 Å². The molecule has 0 heterocycles. The zero-order valence-electron chi connectivity index (χ0n) is 16.9. The maximum atomic E-state index is 12.4. The van der Waals surface area contributed by atoms with E-state index in [1.54, 1.807) is 0 Å². The molecule has 2 aromatic carbocycles. The molecule has 0 radical (unpaired) electrons. The van der Waals surface area contributed by atoms with Gasteiger partial charge in [-0.2, -0.15) is 4.72 Å². The summed E-state index contributed by atoms with van der Waals surface area (Å²) in [7, 11) is -3.91. The highest BCUT2D eigenvalue weighted by Crippen LogP contribution is 2.16. The minimum absolute atomic E-state index is 0.0180. The van der Waals surface area contributed by atoms with Crippen LogP contribution in [0.15, 0.2) is 53.4 Å². The predicted octanol–water partition coefficient (Wildman–Crippen LogP) is 3.18. The van der Waals surface area contributed by atoms with Crippen molar-refractivity contribution < 1.29 is 22.7 Å². The molecule has 156 valence electrons. The van der Waals surface area contributed by atoms with Gasteiger partial charge in [0.2, 0.25) is 15.9 Å². The summed E-state index contributed by atoms with van der Waals surface area (Å²) in [4.78, 5) is 23.2. The molecule has 8 heteroatoms. The lowest BCUT2D eigenvalue weighted by molar-refractivity contribution is -0.146. The second kappa shape index (κ2) is 9.67. The molecule has 0 saturated carbocycles. The van der Waals surface area contributed by atoms with Gasteiger partial charge in [0.15, 0.2) is 0 Å². The monoisotopic (exact) mass is 418 g/mol. The summed E-state index contributed by atoms with van der Waals surface area (Å²) in [6.45, 7) is 7.03. The standard InChI is InChI=1S/C21H26N2O5S/c1-14(2)18-7-5-17(6-8-18)13-28-21(25)15(3)23-29(26,27)20-11-9-19(10-12-20)22-16(4)24/h5-12,14-15,23H,13H2,1-4H3,(H,22,24)/t15-/m0/s1. The van der Waals surface area contributed by atoms with Gasteiger partial charge in [0.1, 0.15) is 12.6 Å². The van der Waals surface area contributed by atoms with Gasteiger partial charge < -0.3 is 10.1 Å². The normalized spacial score (nSPS) is 12.4. The number of hydrogen-bond donors (Lipinski definition) is 2. The predicted molar refractivity (Wildman–Crippen MR) is 111 cm³/mol. The summed E-state index contributed by atoms with van der Waals surface area (Å²) in [6.07, 6.45) is 0. The van der Waals surface area contributed by atoms with Crippen LogP contribution in [-0.2, 0) is 31.0 Å². The van der Waals surface area contributed by atoms with E-state index in [4.69, 9.17) is 4.74 Å². The molecule has 0 fully saturated rings. The summed E-state index contributed by atoms with van der Waals surface area (Å²) in [5.74, 6) is -0.515. The Morgan fingerprint density at radius 1 is 0.966 bits per heavy atom. The molecule has 0 spiro atoms. The van der Waals surface area contributed by atoms with Crippen LogP contribution in [0.5, 0.6) is 0 Å². The van der Waals surface area contributed by atoms with Crippen LogP contribution in [-0.4, -0.2) is 26.3 Å². The van der Waals surface area contributed by atoms with E-state index in [-0.39, 0.29) is 17.4 Å². The lowest BCUT2D eigenvalue weighted by Gasteiger charge is -2.14. The van der Waals surface area contributed by atoms with Gasteiger partial charge in [-0.15, -0.1) is 0 Å². The Morgan fingerprint density at radius 2 is 1.55 bits per heavy atom. The third kappa shape index (κ3) is 6.69. The maximum absolute atomic E-state index is 12.4. The summed E-state index contributed by atoms with van der Waals surface area (Å²) < 4.78 is 32.4. The lowest BCUT2D eigenvalue weighted by Crippen LogP contribution is -2.39. The van der Waals surface area contributed by atoms with Gasteiger partial charge in [-0.3, -0.25) is 9.59 Å². The van der Waals surface area contributed by atoms with E-state index in [0.717, 1.165) is 5.56 Å². The molecule has 2 N–H and O–H groups in total. The van der Waals surface area contributed by atoms with Crippen molar-refractivity contribution in [2.75, 3.05) is 5.32 Å². The Kier molecular flexibility index (Phi) is 7.53. The van der Waals surface area contributed by atoms with Crippen molar-refractivity contribution in [1.82, 2.24) is 4.72 Å². The number of hydrogen-bond acceptors (Lipinski definition) is 5. The highest BCUT2D eigenvalue weighted by atomic mass is 32.2. The van der Waals surface area contributed by atoms with Crippen molar-refractivity contribution in [3.05, 3.63) is 59.7 Å². The van der Waals surface area contributed by atoms with E-state index >= 15 is 0 Å². The van der Waals surface area contributed by atoms with E-state index in [2.05, 4.69) is 23.9 Å². The van der Waals surface area contributed by atoms with E-state index in [1.807, 2.05) is 24.3 Å². The van der Waals surface area contributed by atoms with Crippen LogP contribution in [0.1, 0.15) is 44.7 Å². The Balaban J connectivity index is 1.94. The summed E-state index contributed by atoms with van der Waals surface area (Å²) in [5, 5.41) is 2.56. The first-order valence-electron chi connectivity index (χ1n) is 9.24. The molecule has 7 nitrogen and oxygen atoms in total. The van der Waals surface area contributed by atoms with Gasteiger partial charge in [-0.05, 0) is 48.2 Å². The Bertz CT molecular complexity index is 952. The number of anilines is 1. The fourth-order valence-electron chi connectivity index (χ4n) is 2.55. The number of sulfonamides is 1. The van der Waals surface area contributed by atoms with Crippen molar-refractivity contribution >= 4 is 27.6 Å². The summed E-state index contributed by atoms with van der Waals surface area (Å²) in [5.41, 5.74) is 2.49. The minimum Gasteiger partial charge on any atom is -0.460 e. The number of benzene rings is 2. The number of carbonyl (C=O) groups excluding carboxylic acids is 2. The highest BCUT2D eigenvalue weighted by Gasteiger charge is 2.23.